The van der Waals surface area contributed by atoms with Gasteiger partial charge in [0.25, 0.3) is 0 Å². The number of nitrogens with zero attached hydrogens (tertiary/aromatic N) is 3. The normalized spacial score (nSPS) is 19.7. The lowest BCUT2D eigenvalue weighted by molar-refractivity contribution is 0.396. The fourth-order valence-corrected chi connectivity index (χ4v) is 3.76. The second-order valence-electron chi connectivity index (χ2n) is 5.98. The average molecular weight is 296 g/mol. The zero-order valence-electron chi connectivity index (χ0n) is 13.3. The first-order chi connectivity index (χ1) is 9.60. The van der Waals surface area contributed by atoms with Crippen LogP contribution in [0, 0.1) is 12.8 Å². The van der Waals surface area contributed by atoms with E-state index in [2.05, 4.69) is 43.1 Å². The molecule has 0 amide bonds. The maximum atomic E-state index is 4.74. The summed E-state index contributed by atoms with van der Waals surface area (Å²) in [7, 11) is 4.39. The Morgan fingerprint density at radius 1 is 1.50 bits per heavy atom. The summed E-state index contributed by atoms with van der Waals surface area (Å²) in [6.07, 6.45) is 2.50. The van der Waals surface area contributed by atoms with Gasteiger partial charge in [0.1, 0.15) is 0 Å². The van der Waals surface area contributed by atoms with Gasteiger partial charge in [0.15, 0.2) is 5.13 Å². The van der Waals surface area contributed by atoms with Crippen molar-refractivity contribution in [3.05, 3.63) is 10.6 Å². The Hall–Kier alpha value is -0.650. The van der Waals surface area contributed by atoms with E-state index in [1.165, 1.54) is 41.6 Å². The molecule has 0 bridgehead atoms. The minimum absolute atomic E-state index is 0.788. The molecule has 1 saturated heterocycles. The molecule has 1 atom stereocenters. The Morgan fingerprint density at radius 2 is 2.30 bits per heavy atom. The molecule has 1 N–H and O–H groups in total. The van der Waals surface area contributed by atoms with E-state index >= 15 is 0 Å². The lowest BCUT2D eigenvalue weighted by Crippen LogP contribution is -2.27. The van der Waals surface area contributed by atoms with Crippen molar-refractivity contribution in [2.45, 2.75) is 33.2 Å². The van der Waals surface area contributed by atoms with Gasteiger partial charge in [-0.05, 0) is 45.8 Å². The lowest BCUT2D eigenvalue weighted by atomic mass is 10.1. The molecule has 2 heterocycles. The molecule has 20 heavy (non-hydrogen) atoms. The van der Waals surface area contributed by atoms with Crippen molar-refractivity contribution in [2.24, 2.45) is 5.92 Å². The van der Waals surface area contributed by atoms with E-state index in [9.17, 15) is 0 Å². The number of thiazole rings is 1. The van der Waals surface area contributed by atoms with E-state index in [-0.39, 0.29) is 0 Å². The highest BCUT2D eigenvalue weighted by Gasteiger charge is 2.22. The van der Waals surface area contributed by atoms with Crippen LogP contribution in [0.15, 0.2) is 0 Å². The third kappa shape index (κ3) is 4.17. The second-order valence-corrected chi connectivity index (χ2v) is 7.04. The Kier molecular flexibility index (Phi) is 5.81. The van der Waals surface area contributed by atoms with Crippen molar-refractivity contribution in [1.29, 1.82) is 0 Å². The van der Waals surface area contributed by atoms with Crippen molar-refractivity contribution < 1.29 is 0 Å². The lowest BCUT2D eigenvalue weighted by Gasteiger charge is -2.20. The van der Waals surface area contributed by atoms with Gasteiger partial charge in [0, 0.05) is 31.6 Å². The van der Waals surface area contributed by atoms with Crippen LogP contribution in [0.1, 0.15) is 30.3 Å². The van der Waals surface area contributed by atoms with Crippen molar-refractivity contribution in [3.63, 3.8) is 0 Å². The number of aromatic nitrogens is 1. The Labute approximate surface area is 127 Å². The van der Waals surface area contributed by atoms with E-state index in [0.29, 0.717) is 0 Å². The molecule has 0 aliphatic carbocycles. The van der Waals surface area contributed by atoms with Gasteiger partial charge in [-0.2, -0.15) is 0 Å². The van der Waals surface area contributed by atoms with Gasteiger partial charge in [0.2, 0.25) is 0 Å². The molecular formula is C15H28N4S. The molecular weight excluding hydrogens is 268 g/mol. The highest BCUT2D eigenvalue weighted by atomic mass is 32.1. The van der Waals surface area contributed by atoms with Crippen molar-refractivity contribution >= 4 is 16.5 Å². The largest absolute Gasteiger partial charge is 0.351 e. The quantitative estimate of drug-likeness (QED) is 0.783. The van der Waals surface area contributed by atoms with Crippen LogP contribution in [-0.4, -0.2) is 50.2 Å². The topological polar surface area (TPSA) is 31.4 Å². The van der Waals surface area contributed by atoms with E-state index in [1.54, 1.807) is 0 Å². The summed E-state index contributed by atoms with van der Waals surface area (Å²) in [5.74, 6) is 0.788. The highest BCUT2D eigenvalue weighted by molar-refractivity contribution is 7.15. The molecule has 4 nitrogen and oxygen atoms in total. The van der Waals surface area contributed by atoms with Crippen LogP contribution in [0.25, 0.3) is 0 Å². The molecule has 0 saturated carbocycles. The number of likely N-dealkylation sites (tertiary alicyclic amines) is 1. The van der Waals surface area contributed by atoms with Crippen molar-refractivity contribution in [1.82, 2.24) is 15.2 Å². The Balaban J connectivity index is 1.89. The molecule has 1 unspecified atom stereocenters. The predicted octanol–water partition coefficient (Wildman–Crippen LogP) is 2.34. The fourth-order valence-electron chi connectivity index (χ4n) is 2.76. The average Bonchev–Trinajstić information content (AvgIpc) is 2.97. The van der Waals surface area contributed by atoms with Crippen LogP contribution in [0.5, 0.6) is 0 Å². The van der Waals surface area contributed by atoms with Crippen molar-refractivity contribution in [3.8, 4) is 0 Å². The Morgan fingerprint density at radius 3 is 2.95 bits per heavy atom. The number of hydrogen-bond donors (Lipinski definition) is 1. The molecule has 1 aromatic rings. The van der Waals surface area contributed by atoms with Gasteiger partial charge in [-0.15, -0.1) is 11.3 Å². The monoisotopic (exact) mass is 296 g/mol. The molecule has 0 radical (unpaired) electrons. The smallest absolute Gasteiger partial charge is 0.185 e. The molecule has 5 heteroatoms. The first-order valence-electron chi connectivity index (χ1n) is 7.66. The number of hydrogen-bond acceptors (Lipinski definition) is 5. The molecule has 1 aromatic heterocycles. The summed E-state index contributed by atoms with van der Waals surface area (Å²) in [6, 6.07) is 0. The molecule has 114 valence electrons. The first-order valence-corrected chi connectivity index (χ1v) is 8.48. The summed E-state index contributed by atoms with van der Waals surface area (Å²) in [6.45, 7) is 9.94. The maximum absolute atomic E-state index is 4.74. The summed E-state index contributed by atoms with van der Waals surface area (Å²) in [4.78, 5) is 10.9. The zero-order valence-corrected chi connectivity index (χ0v) is 14.1. The molecule has 1 fully saturated rings. The SMILES string of the molecule is CCCNCc1sc(N(C)CC2CCN(C)C2)nc1C. The maximum Gasteiger partial charge on any atom is 0.185 e. The van der Waals surface area contributed by atoms with Gasteiger partial charge >= 0.3 is 0 Å². The van der Waals surface area contributed by atoms with Gasteiger partial charge in [0.05, 0.1) is 5.69 Å². The van der Waals surface area contributed by atoms with Crippen molar-refractivity contribution in [2.75, 3.05) is 45.2 Å². The minimum atomic E-state index is 0.788. The molecule has 2 rings (SSSR count). The number of anilines is 1. The first kappa shape index (κ1) is 15.7. The standard InChI is InChI=1S/C15H28N4S/c1-5-7-16-9-14-12(2)17-15(20-14)19(4)11-13-6-8-18(3)10-13/h13,16H,5-11H2,1-4H3. The number of nitrogens with one attached hydrogen (secondary N) is 1. The summed E-state index contributed by atoms with van der Waals surface area (Å²) >= 11 is 1.84. The van der Waals surface area contributed by atoms with Crippen LogP contribution in [0.4, 0.5) is 5.13 Å². The van der Waals surface area contributed by atoms with Crippen LogP contribution in [0.2, 0.25) is 0 Å². The second kappa shape index (κ2) is 7.38. The summed E-state index contributed by atoms with van der Waals surface area (Å²) in [5, 5.41) is 4.64. The van der Waals surface area contributed by atoms with Gasteiger partial charge in [-0.3, -0.25) is 0 Å². The van der Waals surface area contributed by atoms with E-state index in [1.807, 2.05) is 11.3 Å². The zero-order chi connectivity index (χ0) is 14.5. The highest BCUT2D eigenvalue weighted by Crippen LogP contribution is 2.27. The van der Waals surface area contributed by atoms with Crippen LogP contribution in [0.3, 0.4) is 0 Å². The molecule has 1 aliphatic heterocycles. The molecule has 0 spiro atoms. The van der Waals surface area contributed by atoms with E-state index < -0.39 is 0 Å². The fraction of sp³-hybridized carbons (Fsp3) is 0.800. The third-order valence-corrected chi connectivity index (χ3v) is 5.21. The summed E-state index contributed by atoms with van der Waals surface area (Å²) < 4.78 is 0. The van der Waals surface area contributed by atoms with E-state index in [4.69, 9.17) is 4.98 Å². The third-order valence-electron chi connectivity index (χ3n) is 3.94. The van der Waals surface area contributed by atoms with Gasteiger partial charge < -0.3 is 15.1 Å². The van der Waals surface area contributed by atoms with Gasteiger partial charge in [-0.1, -0.05) is 6.92 Å². The Bertz CT molecular complexity index is 418. The van der Waals surface area contributed by atoms with Crippen LogP contribution < -0.4 is 10.2 Å². The molecule has 0 aromatic carbocycles. The van der Waals surface area contributed by atoms with E-state index in [0.717, 1.165) is 25.6 Å². The van der Waals surface area contributed by atoms with Crippen LogP contribution in [-0.2, 0) is 6.54 Å². The number of rotatable bonds is 7. The number of aryl methyl sites for hydroxylation is 1. The van der Waals surface area contributed by atoms with Gasteiger partial charge in [-0.25, -0.2) is 4.98 Å². The van der Waals surface area contributed by atoms with Crippen LogP contribution >= 0.6 is 11.3 Å². The summed E-state index contributed by atoms with van der Waals surface area (Å²) in [5.41, 5.74) is 1.18. The predicted molar refractivity (Wildman–Crippen MR) is 87.7 cm³/mol. The minimum Gasteiger partial charge on any atom is -0.351 e. The molecule has 1 aliphatic rings.